The summed E-state index contributed by atoms with van der Waals surface area (Å²) >= 11 is -9.33. The Morgan fingerprint density at radius 3 is 0.500 bits per heavy atom. The summed E-state index contributed by atoms with van der Waals surface area (Å²) in [6.45, 7) is 0. The van der Waals surface area contributed by atoms with Gasteiger partial charge in [-0.2, -0.15) is 0 Å². The van der Waals surface area contributed by atoms with Crippen LogP contribution >= 0.6 is 0 Å². The molecule has 9 nitrogen and oxygen atoms in total. The molecule has 0 N–H and O–H groups in total. The summed E-state index contributed by atoms with van der Waals surface area (Å²) in [5.74, 6) is 0. The van der Waals surface area contributed by atoms with Crippen LogP contribution in [-0.2, 0) is 71.2 Å². The normalized spacial score (nSPS) is 7.50. The van der Waals surface area contributed by atoms with Gasteiger partial charge in [0.1, 0.15) is 0 Å². The van der Waals surface area contributed by atoms with E-state index in [2.05, 4.69) is 0 Å². The summed E-state index contributed by atoms with van der Waals surface area (Å²) < 4.78 is 76.0. The van der Waals surface area contributed by atoms with E-state index in [1.54, 1.807) is 0 Å². The molecule has 14 heavy (non-hydrogen) atoms. The monoisotopic (exact) mass is 342 g/mol. The predicted octanol–water partition coefficient (Wildman–Crippen LogP) is -3.02. The van der Waals surface area contributed by atoms with Crippen LogP contribution in [0.15, 0.2) is 0 Å². The van der Waals surface area contributed by atoms with Gasteiger partial charge in [0, 0.05) is 37.1 Å². The fourth-order valence-electron chi connectivity index (χ4n) is 0. The van der Waals surface area contributed by atoms with E-state index in [-0.39, 0.29) is 37.1 Å². The van der Waals surface area contributed by atoms with Crippen LogP contribution in [0.3, 0.4) is 0 Å². The van der Waals surface area contributed by atoms with E-state index < -0.39 is 34.1 Å². The van der Waals surface area contributed by atoms with Crippen molar-refractivity contribution >= 4 is 34.1 Å². The second kappa shape index (κ2) is 23.9. The maximum Gasteiger partial charge on any atom is 0 e. The van der Waals surface area contributed by atoms with Crippen molar-refractivity contribution in [1.82, 2.24) is 0 Å². The molecule has 0 rings (SSSR count). The van der Waals surface area contributed by atoms with Crippen molar-refractivity contribution in [2.24, 2.45) is 0 Å². The van der Waals surface area contributed by atoms with E-state index in [9.17, 15) is 0 Å². The standard InChI is InChI=1S/3H2O3S.2V/c3*1-4(2)3;;/h3*(H2,1,2,3);;/p-6. The summed E-state index contributed by atoms with van der Waals surface area (Å²) in [5.41, 5.74) is 0. The summed E-state index contributed by atoms with van der Waals surface area (Å²) in [6, 6.07) is 0. The molecule has 0 saturated carbocycles. The van der Waals surface area contributed by atoms with Gasteiger partial charge in [-0.15, -0.1) is 34.1 Å². The molecule has 0 saturated heterocycles. The third-order valence-electron chi connectivity index (χ3n) is 0. The molecule has 14 heteroatoms. The van der Waals surface area contributed by atoms with Crippen LogP contribution in [0.5, 0.6) is 0 Å². The van der Waals surface area contributed by atoms with Gasteiger partial charge >= 0.3 is 0 Å². The Hall–Kier alpha value is 1.38. The fraction of sp³-hybridized carbons (Fsp3) is 0. The molecule has 0 spiro atoms. The van der Waals surface area contributed by atoms with E-state index in [0.29, 0.717) is 0 Å². The first kappa shape index (κ1) is 29.5. The summed E-state index contributed by atoms with van der Waals surface area (Å²) in [7, 11) is 0. The molecular weight excluding hydrogens is 342 g/mol. The van der Waals surface area contributed by atoms with Crippen LogP contribution < -0.4 is 0 Å². The quantitative estimate of drug-likeness (QED) is 0.412. The smallest absolute Gasteiger partial charge is 0 e. The molecule has 0 bridgehead atoms. The molecule has 0 aliphatic heterocycles. The molecular formula is O9S3V2-6. The molecule has 0 aromatic rings. The Balaban J connectivity index is -0.0000000270. The number of hydrogen-bond donors (Lipinski definition) is 0. The van der Waals surface area contributed by atoms with Gasteiger partial charge in [0.25, 0.3) is 0 Å². The Labute approximate surface area is 111 Å². The summed E-state index contributed by atoms with van der Waals surface area (Å²) in [6.07, 6.45) is 0. The van der Waals surface area contributed by atoms with Crippen molar-refractivity contribution in [2.75, 3.05) is 0 Å². The Kier molecular flexibility index (Phi) is 50.4. The maximum absolute atomic E-state index is 8.44. The van der Waals surface area contributed by atoms with Crippen molar-refractivity contribution in [3.8, 4) is 0 Å². The zero-order valence-electron chi connectivity index (χ0n) is 5.79. The molecule has 0 fully saturated rings. The average molecular weight is 342 g/mol. The summed E-state index contributed by atoms with van der Waals surface area (Å²) in [5, 5.41) is 0. The molecule has 0 aromatic heterocycles. The molecule has 0 heterocycles. The van der Waals surface area contributed by atoms with Gasteiger partial charge in [-0.05, 0) is 0 Å². The van der Waals surface area contributed by atoms with Crippen molar-refractivity contribution in [3.63, 3.8) is 0 Å². The van der Waals surface area contributed by atoms with E-state index in [1.165, 1.54) is 0 Å². The van der Waals surface area contributed by atoms with E-state index in [1.807, 2.05) is 0 Å². The first-order chi connectivity index (χ1) is 5.20. The van der Waals surface area contributed by atoms with Crippen LogP contribution in [0, 0.1) is 0 Å². The van der Waals surface area contributed by atoms with Crippen molar-refractivity contribution < 1.29 is 77.1 Å². The molecule has 0 atom stereocenters. The van der Waals surface area contributed by atoms with Gasteiger partial charge < -0.3 is 27.3 Å². The first-order valence-corrected chi connectivity index (χ1v) is 4.50. The minimum Gasteiger partial charge on any atom is -0.784 e. The zero-order valence-corrected chi connectivity index (χ0v) is 11.0. The number of rotatable bonds is 0. The van der Waals surface area contributed by atoms with Crippen molar-refractivity contribution in [1.29, 1.82) is 0 Å². The van der Waals surface area contributed by atoms with Gasteiger partial charge in [-0.1, -0.05) is 0 Å². The molecule has 0 aliphatic rings. The summed E-state index contributed by atoms with van der Waals surface area (Å²) in [4.78, 5) is 0. The first-order valence-electron chi connectivity index (χ1n) is 1.50. The molecule has 0 aromatic carbocycles. The minimum absolute atomic E-state index is 0. The van der Waals surface area contributed by atoms with Crippen molar-refractivity contribution in [3.05, 3.63) is 0 Å². The molecule has 0 aliphatic carbocycles. The maximum atomic E-state index is 8.44. The Morgan fingerprint density at radius 1 is 0.500 bits per heavy atom. The van der Waals surface area contributed by atoms with Gasteiger partial charge in [0.15, 0.2) is 0 Å². The van der Waals surface area contributed by atoms with Crippen LogP contribution in [0.4, 0.5) is 0 Å². The van der Waals surface area contributed by atoms with E-state index in [4.69, 9.17) is 39.9 Å². The second-order valence-corrected chi connectivity index (χ2v) is 1.84. The third kappa shape index (κ3) is 1080. The van der Waals surface area contributed by atoms with Crippen LogP contribution in [-0.4, -0.2) is 39.9 Å². The Morgan fingerprint density at radius 2 is 0.500 bits per heavy atom. The third-order valence-corrected chi connectivity index (χ3v) is 0. The SMILES string of the molecule is O=S([O-])[O-].O=S([O-])[O-].O=S([O-])[O-].[V].[V]. The molecule has 0 amide bonds. The second-order valence-electron chi connectivity index (χ2n) is 0.612. The van der Waals surface area contributed by atoms with E-state index >= 15 is 0 Å². The largest absolute Gasteiger partial charge is 0.784 e. The Bertz CT molecular complexity index is 116. The van der Waals surface area contributed by atoms with Gasteiger partial charge in [0.2, 0.25) is 0 Å². The van der Waals surface area contributed by atoms with Gasteiger partial charge in [0.05, 0.1) is 0 Å². The molecule has 2 radical (unpaired) electrons. The van der Waals surface area contributed by atoms with Crippen LogP contribution in [0.25, 0.3) is 0 Å². The predicted molar refractivity (Wildman–Crippen MR) is 29.1 cm³/mol. The topological polar surface area (TPSA) is 190 Å². The van der Waals surface area contributed by atoms with Gasteiger partial charge in [-0.25, -0.2) is 0 Å². The molecule has 0 unspecified atom stereocenters. The van der Waals surface area contributed by atoms with Gasteiger partial charge in [-0.3, -0.25) is 12.6 Å². The van der Waals surface area contributed by atoms with Crippen LogP contribution in [0.2, 0.25) is 0 Å². The van der Waals surface area contributed by atoms with Crippen LogP contribution in [0.1, 0.15) is 0 Å². The minimum atomic E-state index is -3.11. The van der Waals surface area contributed by atoms with Crippen molar-refractivity contribution in [2.45, 2.75) is 0 Å². The average Bonchev–Trinajstić information content (AvgIpc) is 1.54. The molecule has 88 valence electrons. The zero-order chi connectivity index (χ0) is 10.7. The van der Waals surface area contributed by atoms with E-state index in [0.717, 1.165) is 0 Å². The fourth-order valence-corrected chi connectivity index (χ4v) is 0. The number of hydrogen-bond acceptors (Lipinski definition) is 9.